The van der Waals surface area contributed by atoms with Crippen LogP contribution in [0.15, 0.2) is 41.0 Å². The number of aryl methyl sites for hydroxylation is 1. The molecule has 1 aromatic heterocycles. The van der Waals surface area contributed by atoms with Gasteiger partial charge in [-0.05, 0) is 43.2 Å². The zero-order valence-electron chi connectivity index (χ0n) is 10.0. The average molecular weight is 233 g/mol. The monoisotopic (exact) mass is 233 g/mol. The summed E-state index contributed by atoms with van der Waals surface area (Å²) in [6.07, 6.45) is 1.69. The van der Waals surface area contributed by atoms with Gasteiger partial charge in [0.05, 0.1) is 12.8 Å². The van der Waals surface area contributed by atoms with E-state index >= 15 is 0 Å². The quantitative estimate of drug-likeness (QED) is 0.873. The van der Waals surface area contributed by atoms with Gasteiger partial charge in [0, 0.05) is 6.04 Å². The zero-order chi connectivity index (χ0) is 12.3. The fourth-order valence-electron chi connectivity index (χ4n) is 1.70. The van der Waals surface area contributed by atoms with Crippen LogP contribution in [-0.2, 0) is 6.54 Å². The summed E-state index contributed by atoms with van der Waals surface area (Å²) in [6, 6.07) is 8.65. The molecule has 2 nitrogen and oxygen atoms in total. The van der Waals surface area contributed by atoms with Gasteiger partial charge in [-0.2, -0.15) is 0 Å². The number of halogens is 1. The summed E-state index contributed by atoms with van der Waals surface area (Å²) in [5.41, 5.74) is 2.21. The molecule has 1 heterocycles. The molecule has 0 radical (unpaired) electrons. The Hall–Kier alpha value is -1.61. The Morgan fingerprint density at radius 3 is 2.53 bits per heavy atom. The Balaban J connectivity index is 1.95. The van der Waals surface area contributed by atoms with Crippen molar-refractivity contribution in [1.29, 1.82) is 0 Å². The Kier molecular flexibility index (Phi) is 3.59. The van der Waals surface area contributed by atoms with E-state index < -0.39 is 0 Å². The Morgan fingerprint density at radius 2 is 1.94 bits per heavy atom. The maximum absolute atomic E-state index is 12.8. The lowest BCUT2D eigenvalue weighted by Crippen LogP contribution is -2.18. The van der Waals surface area contributed by atoms with Gasteiger partial charge in [0.25, 0.3) is 0 Å². The van der Waals surface area contributed by atoms with E-state index in [0.717, 1.165) is 16.9 Å². The largest absolute Gasteiger partial charge is 0.468 e. The maximum Gasteiger partial charge on any atom is 0.123 e. The van der Waals surface area contributed by atoms with Gasteiger partial charge < -0.3 is 9.73 Å². The highest BCUT2D eigenvalue weighted by Crippen LogP contribution is 2.15. The molecule has 1 aromatic carbocycles. The van der Waals surface area contributed by atoms with E-state index in [9.17, 15) is 4.39 Å². The minimum Gasteiger partial charge on any atom is -0.468 e. The van der Waals surface area contributed by atoms with Crippen LogP contribution in [0, 0.1) is 12.7 Å². The maximum atomic E-state index is 12.8. The molecule has 90 valence electrons. The second kappa shape index (κ2) is 5.15. The first kappa shape index (κ1) is 11.9. The predicted octanol–water partition coefficient (Wildman–Crippen LogP) is 3.58. The molecule has 17 heavy (non-hydrogen) atoms. The Labute approximate surface area is 100 Å². The standard InChI is InChI=1S/C14H16FNO/c1-10-7-8-17-14(10)9-16-11(2)12-3-5-13(15)6-4-12/h3-8,11,16H,9H2,1-2H3. The fourth-order valence-corrected chi connectivity index (χ4v) is 1.70. The highest BCUT2D eigenvalue weighted by atomic mass is 19.1. The van der Waals surface area contributed by atoms with Crippen molar-refractivity contribution in [3.05, 3.63) is 59.3 Å². The van der Waals surface area contributed by atoms with Crippen LogP contribution in [0.4, 0.5) is 4.39 Å². The van der Waals surface area contributed by atoms with Crippen molar-refractivity contribution >= 4 is 0 Å². The van der Waals surface area contributed by atoms with Gasteiger partial charge in [-0.15, -0.1) is 0 Å². The molecule has 0 aliphatic rings. The molecule has 2 rings (SSSR count). The SMILES string of the molecule is Cc1ccoc1CNC(C)c1ccc(F)cc1. The van der Waals surface area contributed by atoms with Crippen LogP contribution in [0.5, 0.6) is 0 Å². The summed E-state index contributed by atoms with van der Waals surface area (Å²) in [5, 5.41) is 3.35. The molecule has 1 unspecified atom stereocenters. The normalized spacial score (nSPS) is 12.6. The number of nitrogens with one attached hydrogen (secondary N) is 1. The van der Waals surface area contributed by atoms with Crippen molar-refractivity contribution in [3.8, 4) is 0 Å². The smallest absolute Gasteiger partial charge is 0.123 e. The summed E-state index contributed by atoms with van der Waals surface area (Å²) >= 11 is 0. The van der Waals surface area contributed by atoms with E-state index in [-0.39, 0.29) is 11.9 Å². The van der Waals surface area contributed by atoms with Crippen molar-refractivity contribution in [3.63, 3.8) is 0 Å². The van der Waals surface area contributed by atoms with E-state index in [4.69, 9.17) is 4.42 Å². The van der Waals surface area contributed by atoms with E-state index in [1.54, 1.807) is 18.4 Å². The molecular formula is C14H16FNO. The third-order valence-corrected chi connectivity index (χ3v) is 2.91. The lowest BCUT2D eigenvalue weighted by molar-refractivity contribution is 0.458. The van der Waals surface area contributed by atoms with Crippen LogP contribution in [-0.4, -0.2) is 0 Å². The average Bonchev–Trinajstić information content (AvgIpc) is 2.73. The van der Waals surface area contributed by atoms with Crippen LogP contribution >= 0.6 is 0 Å². The van der Waals surface area contributed by atoms with E-state index in [1.165, 1.54) is 12.1 Å². The van der Waals surface area contributed by atoms with Gasteiger partial charge in [0.1, 0.15) is 11.6 Å². The highest BCUT2D eigenvalue weighted by molar-refractivity contribution is 5.20. The number of hydrogen-bond donors (Lipinski definition) is 1. The minimum atomic E-state index is -0.206. The van der Waals surface area contributed by atoms with E-state index in [1.807, 2.05) is 19.9 Å². The van der Waals surface area contributed by atoms with Crippen LogP contribution in [0.1, 0.15) is 29.9 Å². The molecule has 0 amide bonds. The summed E-state index contributed by atoms with van der Waals surface area (Å²) < 4.78 is 18.1. The Morgan fingerprint density at radius 1 is 1.24 bits per heavy atom. The van der Waals surface area contributed by atoms with Gasteiger partial charge in [0.15, 0.2) is 0 Å². The van der Waals surface area contributed by atoms with Gasteiger partial charge >= 0.3 is 0 Å². The molecule has 0 aliphatic heterocycles. The lowest BCUT2D eigenvalue weighted by atomic mass is 10.1. The third kappa shape index (κ3) is 2.94. The van der Waals surface area contributed by atoms with Crippen molar-refractivity contribution in [2.75, 3.05) is 0 Å². The molecule has 0 saturated heterocycles. The predicted molar refractivity (Wildman–Crippen MR) is 65.1 cm³/mol. The van der Waals surface area contributed by atoms with Crippen LogP contribution in [0.25, 0.3) is 0 Å². The summed E-state index contributed by atoms with van der Waals surface area (Å²) in [7, 11) is 0. The number of hydrogen-bond acceptors (Lipinski definition) is 2. The molecule has 1 atom stereocenters. The first-order valence-electron chi connectivity index (χ1n) is 5.68. The highest BCUT2D eigenvalue weighted by Gasteiger charge is 2.07. The molecule has 0 bridgehead atoms. The van der Waals surface area contributed by atoms with E-state index in [2.05, 4.69) is 5.32 Å². The molecule has 3 heteroatoms. The first-order chi connectivity index (χ1) is 8.16. The second-order valence-corrected chi connectivity index (χ2v) is 4.18. The van der Waals surface area contributed by atoms with Gasteiger partial charge in [-0.1, -0.05) is 12.1 Å². The van der Waals surface area contributed by atoms with Gasteiger partial charge in [0.2, 0.25) is 0 Å². The molecule has 0 spiro atoms. The molecule has 1 N–H and O–H groups in total. The number of rotatable bonds is 4. The van der Waals surface area contributed by atoms with Crippen molar-refractivity contribution in [2.24, 2.45) is 0 Å². The van der Waals surface area contributed by atoms with Gasteiger partial charge in [-0.3, -0.25) is 0 Å². The first-order valence-corrected chi connectivity index (χ1v) is 5.68. The molecular weight excluding hydrogens is 217 g/mol. The molecule has 0 saturated carbocycles. The zero-order valence-corrected chi connectivity index (χ0v) is 10.0. The third-order valence-electron chi connectivity index (χ3n) is 2.91. The minimum absolute atomic E-state index is 0.167. The second-order valence-electron chi connectivity index (χ2n) is 4.18. The number of benzene rings is 1. The molecule has 2 aromatic rings. The van der Waals surface area contributed by atoms with Crippen molar-refractivity contribution in [2.45, 2.75) is 26.4 Å². The van der Waals surface area contributed by atoms with Gasteiger partial charge in [-0.25, -0.2) is 4.39 Å². The summed E-state index contributed by atoms with van der Waals surface area (Å²) in [6.45, 7) is 4.74. The topological polar surface area (TPSA) is 25.2 Å². The van der Waals surface area contributed by atoms with Crippen LogP contribution < -0.4 is 5.32 Å². The number of furan rings is 1. The fraction of sp³-hybridized carbons (Fsp3) is 0.286. The lowest BCUT2D eigenvalue weighted by Gasteiger charge is -2.13. The van der Waals surface area contributed by atoms with E-state index in [0.29, 0.717) is 6.54 Å². The van der Waals surface area contributed by atoms with Crippen LogP contribution in [0.2, 0.25) is 0 Å². The summed E-state index contributed by atoms with van der Waals surface area (Å²) in [5.74, 6) is 0.738. The van der Waals surface area contributed by atoms with Crippen molar-refractivity contribution < 1.29 is 8.81 Å². The summed E-state index contributed by atoms with van der Waals surface area (Å²) in [4.78, 5) is 0. The van der Waals surface area contributed by atoms with Crippen LogP contribution in [0.3, 0.4) is 0 Å². The molecule has 0 fully saturated rings. The Bertz CT molecular complexity index is 475. The van der Waals surface area contributed by atoms with Crippen molar-refractivity contribution in [1.82, 2.24) is 5.32 Å². The molecule has 0 aliphatic carbocycles.